The summed E-state index contributed by atoms with van der Waals surface area (Å²) in [6.07, 6.45) is -2.23. The molecule has 1 aliphatic heterocycles. The van der Waals surface area contributed by atoms with Gasteiger partial charge in [0, 0.05) is 18.7 Å². The highest BCUT2D eigenvalue weighted by atomic mass is 32.2. The van der Waals surface area contributed by atoms with Gasteiger partial charge in [0.05, 0.1) is 12.6 Å². The van der Waals surface area contributed by atoms with Crippen molar-refractivity contribution in [3.05, 3.63) is 0 Å². The molecule has 2 atom stereocenters. The van der Waals surface area contributed by atoms with Gasteiger partial charge in [-0.15, -0.1) is 0 Å². The van der Waals surface area contributed by atoms with Crippen LogP contribution in [0.2, 0.25) is 0 Å². The number of nitrogens with zero attached hydrogens (tertiary/aromatic N) is 2. The summed E-state index contributed by atoms with van der Waals surface area (Å²) in [5.41, 5.74) is -0.949. The molecule has 0 unspecified atom stereocenters. The highest BCUT2D eigenvalue weighted by Crippen LogP contribution is 2.29. The van der Waals surface area contributed by atoms with Crippen molar-refractivity contribution >= 4 is 39.3 Å². The first-order valence-electron chi connectivity index (χ1n) is 7.41. The minimum Gasteiger partial charge on any atom is -0.465 e. The number of carboxylic acid groups (broad SMARTS) is 1. The van der Waals surface area contributed by atoms with E-state index in [4.69, 9.17) is 9.88 Å². The number of carbonyl (C=O) groups excluding carboxylic acids is 2. The predicted octanol–water partition coefficient (Wildman–Crippen LogP) is 0.828. The number of carbonyl (C=O) groups is 3. The highest BCUT2D eigenvalue weighted by Gasteiger charge is 2.40. The van der Waals surface area contributed by atoms with Crippen LogP contribution in [0.1, 0.15) is 34.1 Å². The summed E-state index contributed by atoms with van der Waals surface area (Å²) in [7, 11) is -4.45. The molecule has 0 radical (unpaired) electrons. The monoisotopic (exact) mass is 397 g/mol. The Kier molecular flexibility index (Phi) is 6.70. The number of hydrogen-bond acceptors (Lipinski definition) is 7. The van der Waals surface area contributed by atoms with E-state index >= 15 is 0 Å². The van der Waals surface area contributed by atoms with Crippen molar-refractivity contribution in [3.8, 4) is 0 Å². The lowest BCUT2D eigenvalue weighted by Gasteiger charge is -2.29. The molecule has 10 nitrogen and oxygen atoms in total. The third-order valence-electron chi connectivity index (χ3n) is 3.24. The number of nitrogens with two attached hydrogens (primary N) is 1. The van der Waals surface area contributed by atoms with Gasteiger partial charge < -0.3 is 14.7 Å². The SMILES string of the molecule is CC(=O)S[C@H]1C[C@@H](CN(C(=O)OC(C)(C)C)S(N)(=O)=O)N(C(=O)O)C1. The largest absolute Gasteiger partial charge is 0.465 e. The molecule has 0 aromatic heterocycles. The molecule has 144 valence electrons. The predicted molar refractivity (Wildman–Crippen MR) is 91.2 cm³/mol. The van der Waals surface area contributed by atoms with E-state index in [1.54, 1.807) is 20.8 Å². The van der Waals surface area contributed by atoms with Gasteiger partial charge >= 0.3 is 22.4 Å². The molecule has 25 heavy (non-hydrogen) atoms. The fraction of sp³-hybridized carbons (Fsp3) is 0.769. The second-order valence-electron chi connectivity index (χ2n) is 6.61. The lowest BCUT2D eigenvalue weighted by atomic mass is 10.2. The average Bonchev–Trinajstić information content (AvgIpc) is 2.74. The van der Waals surface area contributed by atoms with Crippen LogP contribution in [0.4, 0.5) is 9.59 Å². The number of amides is 2. The lowest BCUT2D eigenvalue weighted by Crippen LogP contribution is -2.50. The van der Waals surface area contributed by atoms with Crippen molar-refractivity contribution in [1.82, 2.24) is 9.21 Å². The van der Waals surface area contributed by atoms with Crippen LogP contribution in [0.3, 0.4) is 0 Å². The van der Waals surface area contributed by atoms with Gasteiger partial charge in [0.25, 0.3) is 0 Å². The summed E-state index contributed by atoms with van der Waals surface area (Å²) < 4.78 is 28.9. The molecule has 0 bridgehead atoms. The third kappa shape index (κ3) is 6.71. The lowest BCUT2D eigenvalue weighted by molar-refractivity contribution is -0.109. The number of rotatable bonds is 4. The van der Waals surface area contributed by atoms with Crippen LogP contribution in [-0.2, 0) is 19.7 Å². The van der Waals surface area contributed by atoms with Crippen LogP contribution < -0.4 is 5.14 Å². The van der Waals surface area contributed by atoms with Crippen molar-refractivity contribution in [3.63, 3.8) is 0 Å². The smallest absolute Gasteiger partial charge is 0.425 e. The Bertz CT molecular complexity index is 644. The Balaban J connectivity index is 2.99. The van der Waals surface area contributed by atoms with E-state index in [-0.39, 0.29) is 23.3 Å². The molecule has 0 aromatic rings. The molecule has 1 heterocycles. The zero-order valence-electron chi connectivity index (χ0n) is 14.5. The minimum absolute atomic E-state index is 0.0526. The second-order valence-corrected chi connectivity index (χ2v) is 9.56. The Morgan fingerprint density at radius 2 is 1.92 bits per heavy atom. The van der Waals surface area contributed by atoms with E-state index in [1.807, 2.05) is 0 Å². The Morgan fingerprint density at radius 1 is 1.36 bits per heavy atom. The standard InChI is InChI=1S/C13H23N3O7S2/c1-8(17)24-10-5-9(15(7-10)11(18)19)6-16(25(14,21)22)12(20)23-13(2,3)4/h9-10H,5-7H2,1-4H3,(H,18,19)(H2,14,21,22)/t9-,10-/m0/s1. The number of ether oxygens (including phenoxy) is 1. The molecular formula is C13H23N3O7S2. The topological polar surface area (TPSA) is 147 Å². The summed E-state index contributed by atoms with van der Waals surface area (Å²) >= 11 is 0.981. The molecule has 0 spiro atoms. The van der Waals surface area contributed by atoms with E-state index in [0.29, 0.717) is 4.31 Å². The van der Waals surface area contributed by atoms with Gasteiger partial charge in [-0.25, -0.2) is 14.7 Å². The van der Waals surface area contributed by atoms with Gasteiger partial charge in [-0.2, -0.15) is 12.7 Å². The van der Waals surface area contributed by atoms with Gasteiger partial charge in [-0.1, -0.05) is 11.8 Å². The second kappa shape index (κ2) is 7.79. The van der Waals surface area contributed by atoms with Crippen LogP contribution >= 0.6 is 11.8 Å². The van der Waals surface area contributed by atoms with Crippen LogP contribution in [0, 0.1) is 0 Å². The quantitative estimate of drug-likeness (QED) is 0.709. The average molecular weight is 397 g/mol. The van der Waals surface area contributed by atoms with E-state index in [9.17, 15) is 27.9 Å². The maximum Gasteiger partial charge on any atom is 0.425 e. The molecule has 1 aliphatic rings. The van der Waals surface area contributed by atoms with E-state index in [0.717, 1.165) is 16.7 Å². The third-order valence-corrected chi connectivity index (χ3v) is 5.15. The molecule has 0 aromatic carbocycles. The molecule has 1 rings (SSSR count). The molecule has 1 fully saturated rings. The van der Waals surface area contributed by atoms with Crippen molar-refractivity contribution in [1.29, 1.82) is 0 Å². The molecule has 0 saturated carbocycles. The van der Waals surface area contributed by atoms with E-state index in [2.05, 4.69) is 0 Å². The molecule has 12 heteroatoms. The van der Waals surface area contributed by atoms with Crippen molar-refractivity contribution in [2.45, 2.75) is 51.0 Å². The highest BCUT2D eigenvalue weighted by molar-refractivity contribution is 8.14. The first-order chi connectivity index (χ1) is 11.2. The van der Waals surface area contributed by atoms with Crippen LogP contribution in [0.25, 0.3) is 0 Å². The summed E-state index contributed by atoms with van der Waals surface area (Å²) in [6.45, 7) is 5.62. The van der Waals surface area contributed by atoms with Gasteiger partial charge in [-0.05, 0) is 27.2 Å². The van der Waals surface area contributed by atoms with Gasteiger partial charge in [0.15, 0.2) is 5.12 Å². The molecule has 0 aliphatic carbocycles. The van der Waals surface area contributed by atoms with Crippen molar-refractivity contribution in [2.75, 3.05) is 13.1 Å². The van der Waals surface area contributed by atoms with E-state index < -0.39 is 40.6 Å². The number of thioether (sulfide) groups is 1. The Morgan fingerprint density at radius 3 is 2.32 bits per heavy atom. The normalized spacial score (nSPS) is 21.1. The van der Waals surface area contributed by atoms with Crippen LogP contribution in [0.5, 0.6) is 0 Å². The maximum absolute atomic E-state index is 12.1. The minimum atomic E-state index is -4.45. The van der Waals surface area contributed by atoms with Crippen LogP contribution in [-0.4, -0.2) is 70.0 Å². The van der Waals surface area contributed by atoms with Gasteiger partial charge in [0.1, 0.15) is 5.60 Å². The van der Waals surface area contributed by atoms with E-state index in [1.165, 1.54) is 6.92 Å². The number of likely N-dealkylation sites (tertiary alicyclic amines) is 1. The maximum atomic E-state index is 12.1. The Labute approximate surface area is 150 Å². The zero-order chi connectivity index (χ0) is 19.6. The van der Waals surface area contributed by atoms with Crippen LogP contribution in [0.15, 0.2) is 0 Å². The first-order valence-corrected chi connectivity index (χ1v) is 9.79. The molecule has 2 amide bonds. The summed E-state index contributed by atoms with van der Waals surface area (Å²) in [6, 6.07) is -0.819. The summed E-state index contributed by atoms with van der Waals surface area (Å²) in [4.78, 5) is 35.8. The fourth-order valence-corrected chi connectivity index (χ4v) is 4.04. The first kappa shape index (κ1) is 21.5. The molecular weight excluding hydrogens is 374 g/mol. The zero-order valence-corrected chi connectivity index (χ0v) is 16.1. The fourth-order valence-electron chi connectivity index (χ4n) is 2.39. The molecule has 1 saturated heterocycles. The Hall–Kier alpha value is -1.53. The molecule has 3 N–H and O–H groups in total. The van der Waals surface area contributed by atoms with Gasteiger partial charge in [-0.3, -0.25) is 4.79 Å². The van der Waals surface area contributed by atoms with Crippen molar-refractivity contribution in [2.24, 2.45) is 5.14 Å². The summed E-state index contributed by atoms with van der Waals surface area (Å²) in [5.74, 6) is 0. The van der Waals surface area contributed by atoms with Gasteiger partial charge in [0.2, 0.25) is 0 Å². The number of hydrogen-bond donors (Lipinski definition) is 2. The van der Waals surface area contributed by atoms with Crippen molar-refractivity contribution < 1.29 is 32.6 Å². The summed E-state index contributed by atoms with van der Waals surface area (Å²) in [5, 5.41) is 13.9.